The van der Waals surface area contributed by atoms with E-state index in [-0.39, 0.29) is 0 Å². The molecule has 0 saturated heterocycles. The summed E-state index contributed by atoms with van der Waals surface area (Å²) >= 11 is 6.09. The monoisotopic (exact) mass is 250 g/mol. The van der Waals surface area contributed by atoms with E-state index in [0.717, 1.165) is 22.7 Å². The molecule has 0 atom stereocenters. The first-order chi connectivity index (χ1) is 8.06. The van der Waals surface area contributed by atoms with Crippen LogP contribution in [0.2, 0.25) is 5.02 Å². The number of rotatable bonds is 3. The molecule has 0 bridgehead atoms. The Morgan fingerprint density at radius 1 is 1.29 bits per heavy atom. The molecule has 1 aromatic carbocycles. The van der Waals surface area contributed by atoms with Gasteiger partial charge in [0.25, 0.3) is 0 Å². The minimum absolute atomic E-state index is 0.540. The number of hydrogen-bond acceptors (Lipinski definition) is 3. The van der Waals surface area contributed by atoms with Crippen molar-refractivity contribution in [2.75, 3.05) is 5.32 Å². The summed E-state index contributed by atoms with van der Waals surface area (Å²) in [5, 5.41) is 3.93. The Labute approximate surface area is 106 Å². The normalized spacial score (nSPS) is 10.6. The molecule has 1 N–H and O–H groups in total. The summed E-state index contributed by atoms with van der Waals surface area (Å²) in [5.41, 5.74) is 2.99. The third-order valence-corrected chi connectivity index (χ3v) is 2.95. The van der Waals surface area contributed by atoms with Crippen LogP contribution in [0, 0.1) is 20.8 Å². The molecule has 3 nitrogen and oxygen atoms in total. The number of anilines is 1. The van der Waals surface area contributed by atoms with Crippen molar-refractivity contribution in [1.29, 1.82) is 0 Å². The maximum atomic E-state index is 6.09. The number of hydrogen-bond donors (Lipinski definition) is 1. The highest BCUT2D eigenvalue weighted by molar-refractivity contribution is 6.33. The van der Waals surface area contributed by atoms with E-state index in [1.165, 1.54) is 0 Å². The SMILES string of the molecule is Cc1ccc(Cl)c(NCc2nc(C)c(C)o2)c1. The summed E-state index contributed by atoms with van der Waals surface area (Å²) < 4.78 is 5.49. The van der Waals surface area contributed by atoms with Crippen LogP contribution in [0.15, 0.2) is 22.6 Å². The first-order valence-corrected chi connectivity index (χ1v) is 5.87. The number of aryl methyl sites for hydroxylation is 3. The predicted molar refractivity (Wildman–Crippen MR) is 69.5 cm³/mol. The van der Waals surface area contributed by atoms with Gasteiger partial charge in [-0.25, -0.2) is 4.98 Å². The Hall–Kier alpha value is -1.48. The number of benzene rings is 1. The molecular formula is C13H15ClN2O. The van der Waals surface area contributed by atoms with Crippen LogP contribution in [-0.4, -0.2) is 4.98 Å². The maximum Gasteiger partial charge on any atom is 0.213 e. The van der Waals surface area contributed by atoms with Gasteiger partial charge in [-0.3, -0.25) is 0 Å². The molecule has 0 aliphatic carbocycles. The van der Waals surface area contributed by atoms with Gasteiger partial charge >= 0.3 is 0 Å². The lowest BCUT2D eigenvalue weighted by atomic mass is 10.2. The standard InChI is InChI=1S/C13H15ClN2O/c1-8-4-5-11(14)12(6-8)15-7-13-16-9(2)10(3)17-13/h4-6,15H,7H2,1-3H3. The number of aromatic nitrogens is 1. The molecule has 0 spiro atoms. The molecule has 1 aromatic heterocycles. The molecule has 17 heavy (non-hydrogen) atoms. The second-order valence-corrected chi connectivity index (χ2v) is 4.49. The first kappa shape index (κ1) is 12.0. The van der Waals surface area contributed by atoms with Crippen molar-refractivity contribution >= 4 is 17.3 Å². The molecule has 4 heteroatoms. The van der Waals surface area contributed by atoms with Crippen molar-refractivity contribution < 1.29 is 4.42 Å². The maximum absolute atomic E-state index is 6.09. The van der Waals surface area contributed by atoms with E-state index >= 15 is 0 Å². The van der Waals surface area contributed by atoms with E-state index in [4.69, 9.17) is 16.0 Å². The van der Waals surface area contributed by atoms with E-state index < -0.39 is 0 Å². The van der Waals surface area contributed by atoms with Gasteiger partial charge in [-0.15, -0.1) is 0 Å². The molecule has 2 rings (SSSR count). The molecule has 0 aliphatic heterocycles. The van der Waals surface area contributed by atoms with Crippen LogP contribution in [-0.2, 0) is 6.54 Å². The van der Waals surface area contributed by atoms with Crippen molar-refractivity contribution in [1.82, 2.24) is 4.98 Å². The second kappa shape index (κ2) is 4.80. The average molecular weight is 251 g/mol. The van der Waals surface area contributed by atoms with Crippen molar-refractivity contribution in [3.05, 3.63) is 46.1 Å². The summed E-state index contributed by atoms with van der Waals surface area (Å²) in [6.07, 6.45) is 0. The molecule has 0 unspecified atom stereocenters. The van der Waals surface area contributed by atoms with Crippen LogP contribution in [0.25, 0.3) is 0 Å². The van der Waals surface area contributed by atoms with E-state index in [2.05, 4.69) is 10.3 Å². The van der Waals surface area contributed by atoms with E-state index in [1.807, 2.05) is 39.0 Å². The zero-order chi connectivity index (χ0) is 12.4. The smallest absolute Gasteiger partial charge is 0.213 e. The highest BCUT2D eigenvalue weighted by Gasteiger charge is 2.06. The van der Waals surface area contributed by atoms with Gasteiger partial charge in [-0.05, 0) is 38.5 Å². The topological polar surface area (TPSA) is 38.1 Å². The lowest BCUT2D eigenvalue weighted by Crippen LogP contribution is -2.00. The van der Waals surface area contributed by atoms with Crippen LogP contribution in [0.4, 0.5) is 5.69 Å². The summed E-state index contributed by atoms with van der Waals surface area (Å²) in [6.45, 7) is 6.41. The Balaban J connectivity index is 2.09. The quantitative estimate of drug-likeness (QED) is 0.899. The van der Waals surface area contributed by atoms with Gasteiger partial charge in [-0.1, -0.05) is 17.7 Å². The number of oxazole rings is 1. The van der Waals surface area contributed by atoms with Crippen LogP contribution >= 0.6 is 11.6 Å². The minimum Gasteiger partial charge on any atom is -0.444 e. The van der Waals surface area contributed by atoms with Crippen molar-refractivity contribution in [3.8, 4) is 0 Å². The van der Waals surface area contributed by atoms with Gasteiger partial charge in [0.2, 0.25) is 5.89 Å². The summed E-state index contributed by atoms with van der Waals surface area (Å²) in [4.78, 5) is 4.31. The molecule has 0 aliphatic rings. The van der Waals surface area contributed by atoms with Crippen molar-refractivity contribution in [3.63, 3.8) is 0 Å². The minimum atomic E-state index is 0.540. The van der Waals surface area contributed by atoms with Gasteiger partial charge in [0.15, 0.2) is 0 Å². The highest BCUT2D eigenvalue weighted by atomic mass is 35.5. The van der Waals surface area contributed by atoms with Crippen molar-refractivity contribution in [2.24, 2.45) is 0 Å². The zero-order valence-corrected chi connectivity index (χ0v) is 10.9. The molecule has 2 aromatic rings. The van der Waals surface area contributed by atoms with Gasteiger partial charge < -0.3 is 9.73 Å². The Morgan fingerprint density at radius 3 is 2.71 bits per heavy atom. The van der Waals surface area contributed by atoms with Crippen LogP contribution in [0.1, 0.15) is 22.9 Å². The third kappa shape index (κ3) is 2.80. The van der Waals surface area contributed by atoms with Gasteiger partial charge in [0, 0.05) is 0 Å². The van der Waals surface area contributed by atoms with Gasteiger partial charge in [0.05, 0.1) is 22.9 Å². The van der Waals surface area contributed by atoms with Gasteiger partial charge in [0.1, 0.15) is 5.76 Å². The van der Waals surface area contributed by atoms with E-state index in [1.54, 1.807) is 0 Å². The number of halogens is 1. The van der Waals surface area contributed by atoms with Crippen LogP contribution < -0.4 is 5.32 Å². The van der Waals surface area contributed by atoms with E-state index in [0.29, 0.717) is 17.5 Å². The molecule has 90 valence electrons. The van der Waals surface area contributed by atoms with Crippen LogP contribution in [0.3, 0.4) is 0 Å². The molecular weight excluding hydrogens is 236 g/mol. The molecule has 0 radical (unpaired) electrons. The fourth-order valence-corrected chi connectivity index (χ4v) is 1.74. The van der Waals surface area contributed by atoms with Crippen molar-refractivity contribution in [2.45, 2.75) is 27.3 Å². The average Bonchev–Trinajstić information content (AvgIpc) is 2.60. The second-order valence-electron chi connectivity index (χ2n) is 4.09. The fraction of sp³-hybridized carbons (Fsp3) is 0.308. The number of nitrogens with zero attached hydrogens (tertiary/aromatic N) is 1. The predicted octanol–water partition coefficient (Wildman–Crippen LogP) is 3.87. The lowest BCUT2D eigenvalue weighted by molar-refractivity contribution is 0.478. The lowest BCUT2D eigenvalue weighted by Gasteiger charge is -2.07. The molecule has 1 heterocycles. The first-order valence-electron chi connectivity index (χ1n) is 5.49. The zero-order valence-electron chi connectivity index (χ0n) is 10.2. The third-order valence-electron chi connectivity index (χ3n) is 2.62. The Morgan fingerprint density at radius 2 is 2.06 bits per heavy atom. The molecule has 0 saturated carbocycles. The fourth-order valence-electron chi connectivity index (χ4n) is 1.56. The Bertz CT molecular complexity index is 515. The van der Waals surface area contributed by atoms with Crippen LogP contribution in [0.5, 0.6) is 0 Å². The summed E-state index contributed by atoms with van der Waals surface area (Å²) in [5.74, 6) is 1.54. The number of nitrogens with one attached hydrogen (secondary N) is 1. The van der Waals surface area contributed by atoms with E-state index in [9.17, 15) is 0 Å². The summed E-state index contributed by atoms with van der Waals surface area (Å²) in [6, 6.07) is 5.86. The molecule has 0 amide bonds. The largest absolute Gasteiger partial charge is 0.444 e. The Kier molecular flexibility index (Phi) is 3.38. The molecule has 0 fully saturated rings. The summed E-state index contributed by atoms with van der Waals surface area (Å²) in [7, 11) is 0. The van der Waals surface area contributed by atoms with Gasteiger partial charge in [-0.2, -0.15) is 0 Å². The highest BCUT2D eigenvalue weighted by Crippen LogP contribution is 2.23.